The molecule has 4 heteroatoms. The first kappa shape index (κ1) is 18.5. The van der Waals surface area contributed by atoms with E-state index in [2.05, 4.69) is 43.4 Å². The molecule has 0 saturated heterocycles. The van der Waals surface area contributed by atoms with E-state index in [0.29, 0.717) is 0 Å². The Bertz CT molecular complexity index is 689. The molecular weight excluding hydrogens is 320 g/mol. The molecule has 0 spiro atoms. The SMILES string of the molecule is CC[NH2+]CCCN1C(=O)C(C)(c2ccccc2)c2ccccc21.[Cl-]. The van der Waals surface area contributed by atoms with E-state index < -0.39 is 5.41 Å². The van der Waals surface area contributed by atoms with Crippen LogP contribution in [0.25, 0.3) is 0 Å². The maximum atomic E-state index is 13.3. The average molecular weight is 345 g/mol. The Hall–Kier alpha value is -1.84. The maximum Gasteiger partial charge on any atom is 0.241 e. The van der Waals surface area contributed by atoms with Crippen molar-refractivity contribution in [3.05, 3.63) is 65.7 Å². The Morgan fingerprint density at radius 1 is 1.04 bits per heavy atom. The Kier molecular flexibility index (Phi) is 6.03. The van der Waals surface area contributed by atoms with Crippen LogP contribution >= 0.6 is 0 Å². The lowest BCUT2D eigenvalue weighted by Crippen LogP contribution is -3.00. The van der Waals surface area contributed by atoms with Crippen molar-refractivity contribution in [1.82, 2.24) is 0 Å². The van der Waals surface area contributed by atoms with Gasteiger partial charge in [0.2, 0.25) is 5.91 Å². The molecule has 1 heterocycles. The topological polar surface area (TPSA) is 36.9 Å². The maximum absolute atomic E-state index is 13.3. The number of hydrogen-bond donors (Lipinski definition) is 1. The van der Waals surface area contributed by atoms with Gasteiger partial charge in [-0.25, -0.2) is 0 Å². The van der Waals surface area contributed by atoms with Crippen LogP contribution < -0.4 is 22.6 Å². The number of amides is 1. The predicted molar refractivity (Wildman–Crippen MR) is 93.6 cm³/mol. The number of para-hydroxylation sites is 1. The van der Waals surface area contributed by atoms with Gasteiger partial charge >= 0.3 is 0 Å². The van der Waals surface area contributed by atoms with Gasteiger partial charge < -0.3 is 22.6 Å². The highest BCUT2D eigenvalue weighted by atomic mass is 35.5. The molecule has 0 aliphatic carbocycles. The highest BCUT2D eigenvalue weighted by Crippen LogP contribution is 2.45. The Labute approximate surface area is 150 Å². The summed E-state index contributed by atoms with van der Waals surface area (Å²) < 4.78 is 0. The van der Waals surface area contributed by atoms with Gasteiger partial charge in [-0.1, -0.05) is 48.5 Å². The van der Waals surface area contributed by atoms with E-state index in [1.165, 1.54) is 0 Å². The van der Waals surface area contributed by atoms with Crippen LogP contribution in [0.2, 0.25) is 0 Å². The highest BCUT2D eigenvalue weighted by Gasteiger charge is 2.48. The summed E-state index contributed by atoms with van der Waals surface area (Å²) in [4.78, 5) is 15.2. The zero-order chi connectivity index (χ0) is 16.3. The second-order valence-corrected chi connectivity index (χ2v) is 6.30. The highest BCUT2D eigenvalue weighted by molar-refractivity contribution is 6.10. The second kappa shape index (κ2) is 7.82. The largest absolute Gasteiger partial charge is 1.00 e. The second-order valence-electron chi connectivity index (χ2n) is 6.30. The summed E-state index contributed by atoms with van der Waals surface area (Å²) in [6, 6.07) is 18.4. The molecule has 1 aliphatic rings. The number of halogens is 1. The first-order chi connectivity index (χ1) is 11.2. The standard InChI is InChI=1S/C20H24N2O.ClH/c1-3-21-14-9-15-22-18-13-8-7-12-17(18)20(2,19(22)23)16-10-5-4-6-11-16;/h4-8,10-13,21H,3,9,14-15H2,1-2H3;1H. The summed E-state index contributed by atoms with van der Waals surface area (Å²) in [5.74, 6) is 0.196. The van der Waals surface area contributed by atoms with E-state index in [1.807, 2.05) is 35.2 Å². The number of nitrogens with zero attached hydrogens (tertiary/aromatic N) is 1. The monoisotopic (exact) mass is 344 g/mol. The molecule has 24 heavy (non-hydrogen) atoms. The van der Waals surface area contributed by atoms with E-state index in [4.69, 9.17) is 0 Å². The van der Waals surface area contributed by atoms with E-state index in [1.54, 1.807) is 0 Å². The van der Waals surface area contributed by atoms with Crippen LogP contribution in [-0.2, 0) is 10.2 Å². The van der Waals surface area contributed by atoms with Gasteiger partial charge in [-0.05, 0) is 31.0 Å². The van der Waals surface area contributed by atoms with Crippen LogP contribution in [0.4, 0.5) is 5.69 Å². The molecule has 3 nitrogen and oxygen atoms in total. The van der Waals surface area contributed by atoms with Gasteiger partial charge in [-0.3, -0.25) is 4.79 Å². The zero-order valence-corrected chi connectivity index (χ0v) is 15.1. The molecule has 2 aromatic rings. The predicted octanol–water partition coefficient (Wildman–Crippen LogP) is -0.683. The number of rotatable bonds is 6. The van der Waals surface area contributed by atoms with Gasteiger partial charge in [0.05, 0.1) is 18.5 Å². The van der Waals surface area contributed by atoms with Gasteiger partial charge in [-0.15, -0.1) is 0 Å². The van der Waals surface area contributed by atoms with Crippen LogP contribution in [0, 0.1) is 0 Å². The average Bonchev–Trinajstić information content (AvgIpc) is 2.82. The number of benzene rings is 2. The molecule has 128 valence electrons. The summed E-state index contributed by atoms with van der Waals surface area (Å²) in [5.41, 5.74) is 2.68. The first-order valence-electron chi connectivity index (χ1n) is 8.48. The number of nitrogens with two attached hydrogens (primary N) is 1. The number of anilines is 1. The van der Waals surface area contributed by atoms with Gasteiger partial charge in [0.15, 0.2) is 0 Å². The Morgan fingerprint density at radius 2 is 1.71 bits per heavy atom. The number of quaternary nitrogens is 1. The van der Waals surface area contributed by atoms with Crippen molar-refractivity contribution in [2.24, 2.45) is 0 Å². The van der Waals surface area contributed by atoms with Crippen LogP contribution in [-0.4, -0.2) is 25.5 Å². The molecule has 1 unspecified atom stereocenters. The third kappa shape index (κ3) is 3.06. The van der Waals surface area contributed by atoms with Gasteiger partial charge in [-0.2, -0.15) is 0 Å². The third-order valence-electron chi connectivity index (χ3n) is 4.84. The fourth-order valence-corrected chi connectivity index (χ4v) is 3.50. The molecule has 0 saturated carbocycles. The molecule has 1 amide bonds. The molecule has 0 aromatic heterocycles. The van der Waals surface area contributed by atoms with Crippen molar-refractivity contribution in [2.75, 3.05) is 24.5 Å². The van der Waals surface area contributed by atoms with Crippen molar-refractivity contribution < 1.29 is 22.5 Å². The quantitative estimate of drug-likeness (QED) is 0.693. The Morgan fingerprint density at radius 3 is 2.42 bits per heavy atom. The van der Waals surface area contributed by atoms with Gasteiger partial charge in [0.1, 0.15) is 0 Å². The third-order valence-corrected chi connectivity index (χ3v) is 4.84. The van der Waals surface area contributed by atoms with Crippen molar-refractivity contribution in [2.45, 2.75) is 25.7 Å². The van der Waals surface area contributed by atoms with Crippen molar-refractivity contribution in [3.63, 3.8) is 0 Å². The zero-order valence-electron chi connectivity index (χ0n) is 14.3. The molecular formula is C20H25ClN2O. The summed E-state index contributed by atoms with van der Waals surface area (Å²) in [6.07, 6.45) is 1.01. The lowest BCUT2D eigenvalue weighted by atomic mass is 9.77. The fraction of sp³-hybridized carbons (Fsp3) is 0.350. The minimum atomic E-state index is -0.577. The molecule has 0 fully saturated rings. The number of hydrogen-bond acceptors (Lipinski definition) is 1. The van der Waals surface area contributed by atoms with E-state index in [9.17, 15) is 4.79 Å². The first-order valence-corrected chi connectivity index (χ1v) is 8.48. The molecule has 0 radical (unpaired) electrons. The minimum absolute atomic E-state index is 0. The lowest BCUT2D eigenvalue weighted by molar-refractivity contribution is -0.651. The van der Waals surface area contributed by atoms with Crippen LogP contribution in [0.3, 0.4) is 0 Å². The van der Waals surface area contributed by atoms with Crippen molar-refractivity contribution in [3.8, 4) is 0 Å². The molecule has 0 bridgehead atoms. The van der Waals surface area contributed by atoms with Gasteiger partial charge in [0, 0.05) is 18.7 Å². The van der Waals surface area contributed by atoms with Crippen LogP contribution in [0.5, 0.6) is 0 Å². The van der Waals surface area contributed by atoms with Crippen molar-refractivity contribution in [1.29, 1.82) is 0 Å². The number of carbonyl (C=O) groups excluding carboxylic acids is 1. The Balaban J connectivity index is 0.00000208. The van der Waals surface area contributed by atoms with Crippen LogP contribution in [0.15, 0.2) is 54.6 Å². The molecule has 3 rings (SSSR count). The van der Waals surface area contributed by atoms with E-state index in [-0.39, 0.29) is 18.3 Å². The smallest absolute Gasteiger partial charge is 0.241 e. The molecule has 2 aromatic carbocycles. The number of fused-ring (bicyclic) bond motifs is 1. The summed E-state index contributed by atoms with van der Waals surface area (Å²) >= 11 is 0. The van der Waals surface area contributed by atoms with E-state index >= 15 is 0 Å². The minimum Gasteiger partial charge on any atom is -1.00 e. The summed E-state index contributed by atoms with van der Waals surface area (Å²) in [6.45, 7) is 7.15. The van der Waals surface area contributed by atoms with E-state index in [0.717, 1.165) is 42.9 Å². The lowest BCUT2D eigenvalue weighted by Gasteiger charge is -2.25. The van der Waals surface area contributed by atoms with Crippen LogP contribution in [0.1, 0.15) is 31.4 Å². The molecule has 2 N–H and O–H groups in total. The summed E-state index contributed by atoms with van der Waals surface area (Å²) in [7, 11) is 0. The molecule has 1 aliphatic heterocycles. The normalized spacial score (nSPS) is 19.1. The van der Waals surface area contributed by atoms with Crippen molar-refractivity contribution >= 4 is 11.6 Å². The summed E-state index contributed by atoms with van der Waals surface area (Å²) in [5, 5.41) is 2.28. The van der Waals surface area contributed by atoms with Gasteiger partial charge in [0.25, 0.3) is 0 Å². The molecule has 1 atom stereocenters. The fourth-order valence-electron chi connectivity index (χ4n) is 3.50. The number of carbonyl (C=O) groups is 1.